The van der Waals surface area contributed by atoms with Crippen LogP contribution in [0.25, 0.3) is 0 Å². The molecule has 0 spiro atoms. The molecule has 0 N–H and O–H groups in total. The maximum absolute atomic E-state index is 5.66. The van der Waals surface area contributed by atoms with Crippen molar-refractivity contribution in [3.63, 3.8) is 0 Å². The smallest absolute Gasteiger partial charge is 0.239 e. The Hall–Kier alpha value is -1.62. The minimum Gasteiger partial charge on any atom is -0.434 e. The van der Waals surface area contributed by atoms with Crippen LogP contribution in [0.2, 0.25) is 0 Å². The molecule has 2 heterocycles. The van der Waals surface area contributed by atoms with Crippen LogP contribution in [0.4, 0.5) is 0 Å². The number of ether oxygens (including phenoxy) is 1. The minimum atomic E-state index is 0.345. The molecule has 2 aromatic rings. The van der Waals surface area contributed by atoms with Crippen molar-refractivity contribution in [3.05, 3.63) is 29.2 Å². The zero-order chi connectivity index (χ0) is 12.4. The number of nitrogens with zero attached hydrogens (tertiary/aromatic N) is 4. The van der Waals surface area contributed by atoms with Crippen molar-refractivity contribution >= 4 is 11.6 Å². The molecular weight excluding hydrogens is 240 g/mol. The van der Waals surface area contributed by atoms with E-state index in [1.54, 1.807) is 16.8 Å². The number of hydrogen-bond donors (Lipinski definition) is 0. The molecule has 2 rings (SSSR count). The van der Waals surface area contributed by atoms with Gasteiger partial charge in [0, 0.05) is 13.1 Å². The Balaban J connectivity index is 2.25. The minimum absolute atomic E-state index is 0.345. The first-order valence-electron chi connectivity index (χ1n) is 5.18. The van der Waals surface area contributed by atoms with E-state index < -0.39 is 0 Å². The van der Waals surface area contributed by atoms with Gasteiger partial charge in [-0.05, 0) is 19.9 Å². The van der Waals surface area contributed by atoms with Crippen LogP contribution in [0.1, 0.15) is 17.1 Å². The zero-order valence-corrected chi connectivity index (χ0v) is 10.7. The maximum atomic E-state index is 5.66. The summed E-state index contributed by atoms with van der Waals surface area (Å²) in [6.45, 7) is 3.83. The second-order valence-electron chi connectivity index (χ2n) is 3.72. The maximum Gasteiger partial charge on any atom is 0.239 e. The molecule has 0 aliphatic rings. The molecule has 0 aliphatic heterocycles. The Morgan fingerprint density at radius 1 is 1.29 bits per heavy atom. The van der Waals surface area contributed by atoms with Gasteiger partial charge in [-0.15, -0.1) is 16.7 Å². The van der Waals surface area contributed by atoms with Gasteiger partial charge >= 0.3 is 0 Å². The summed E-state index contributed by atoms with van der Waals surface area (Å²) in [6.07, 6.45) is 0. The van der Waals surface area contributed by atoms with Crippen molar-refractivity contribution in [2.24, 2.45) is 7.05 Å². The summed E-state index contributed by atoms with van der Waals surface area (Å²) in [6, 6.07) is 3.53. The van der Waals surface area contributed by atoms with E-state index in [4.69, 9.17) is 16.3 Å². The molecule has 2 aromatic heterocycles. The van der Waals surface area contributed by atoms with E-state index >= 15 is 0 Å². The van der Waals surface area contributed by atoms with Crippen LogP contribution in [-0.2, 0) is 12.9 Å². The summed E-state index contributed by atoms with van der Waals surface area (Å²) >= 11 is 5.64. The molecule has 0 atom stereocenters. The average Bonchev–Trinajstić information content (AvgIpc) is 2.57. The zero-order valence-electron chi connectivity index (χ0n) is 9.94. The van der Waals surface area contributed by atoms with E-state index in [9.17, 15) is 0 Å². The van der Waals surface area contributed by atoms with E-state index in [0.717, 1.165) is 22.8 Å². The van der Waals surface area contributed by atoms with E-state index in [2.05, 4.69) is 15.3 Å². The van der Waals surface area contributed by atoms with Gasteiger partial charge in [0.1, 0.15) is 5.69 Å². The van der Waals surface area contributed by atoms with Gasteiger partial charge in [-0.2, -0.15) is 10.2 Å². The second kappa shape index (κ2) is 4.71. The van der Waals surface area contributed by atoms with Crippen molar-refractivity contribution in [2.45, 2.75) is 19.7 Å². The Labute approximate surface area is 104 Å². The lowest BCUT2D eigenvalue weighted by Gasteiger charge is -2.04. The molecule has 0 saturated heterocycles. The number of halogens is 1. The lowest BCUT2D eigenvalue weighted by atomic mass is 10.3. The summed E-state index contributed by atoms with van der Waals surface area (Å²) in [4.78, 5) is 0. The lowest BCUT2D eigenvalue weighted by molar-refractivity contribution is 0.447. The fourth-order valence-electron chi connectivity index (χ4n) is 1.48. The van der Waals surface area contributed by atoms with Gasteiger partial charge in [0.2, 0.25) is 5.88 Å². The first-order valence-corrected chi connectivity index (χ1v) is 5.72. The first-order chi connectivity index (χ1) is 8.11. The highest BCUT2D eigenvalue weighted by Gasteiger charge is 2.12. The van der Waals surface area contributed by atoms with Gasteiger partial charge in [0.05, 0.1) is 17.3 Å². The Bertz CT molecular complexity index is 521. The Morgan fingerprint density at radius 3 is 2.53 bits per heavy atom. The van der Waals surface area contributed by atoms with Crippen LogP contribution in [0.15, 0.2) is 12.1 Å². The van der Waals surface area contributed by atoms with E-state index in [1.807, 2.05) is 20.9 Å². The molecule has 17 heavy (non-hydrogen) atoms. The van der Waals surface area contributed by atoms with Crippen LogP contribution < -0.4 is 4.74 Å². The molecule has 0 fully saturated rings. The summed E-state index contributed by atoms with van der Waals surface area (Å²) in [5.74, 6) is 1.51. The van der Waals surface area contributed by atoms with Gasteiger partial charge in [0.25, 0.3) is 0 Å². The highest BCUT2D eigenvalue weighted by atomic mass is 35.5. The first kappa shape index (κ1) is 11.9. The molecule has 6 heteroatoms. The van der Waals surface area contributed by atoms with Gasteiger partial charge in [-0.3, -0.25) is 4.68 Å². The Morgan fingerprint density at radius 2 is 2.06 bits per heavy atom. The van der Waals surface area contributed by atoms with E-state index in [0.29, 0.717) is 11.8 Å². The molecule has 5 nitrogen and oxygen atoms in total. The largest absolute Gasteiger partial charge is 0.434 e. The number of aryl methyl sites for hydroxylation is 2. The number of hydrogen-bond acceptors (Lipinski definition) is 4. The van der Waals surface area contributed by atoms with Crippen LogP contribution in [-0.4, -0.2) is 20.0 Å². The molecule has 90 valence electrons. The van der Waals surface area contributed by atoms with Gasteiger partial charge in [-0.1, -0.05) is 0 Å². The molecule has 0 radical (unpaired) electrons. The predicted molar refractivity (Wildman–Crippen MR) is 64.3 cm³/mol. The van der Waals surface area contributed by atoms with Crippen molar-refractivity contribution in [3.8, 4) is 11.6 Å². The number of rotatable bonds is 3. The average molecular weight is 253 g/mol. The number of aromatic nitrogens is 4. The predicted octanol–water partition coefficient (Wildman–Crippen LogP) is 2.36. The van der Waals surface area contributed by atoms with Crippen molar-refractivity contribution < 1.29 is 4.74 Å². The van der Waals surface area contributed by atoms with Gasteiger partial charge in [0.15, 0.2) is 5.75 Å². The van der Waals surface area contributed by atoms with E-state index in [1.165, 1.54) is 0 Å². The summed E-state index contributed by atoms with van der Waals surface area (Å²) in [5.41, 5.74) is 2.50. The summed E-state index contributed by atoms with van der Waals surface area (Å²) < 4.78 is 7.43. The van der Waals surface area contributed by atoms with E-state index in [-0.39, 0.29) is 0 Å². The summed E-state index contributed by atoms with van der Waals surface area (Å²) in [5, 5.41) is 12.1. The highest BCUT2D eigenvalue weighted by Crippen LogP contribution is 2.26. The monoisotopic (exact) mass is 252 g/mol. The van der Waals surface area contributed by atoms with Crippen LogP contribution >= 0.6 is 11.6 Å². The third-order valence-corrected chi connectivity index (χ3v) is 2.76. The highest BCUT2D eigenvalue weighted by molar-refractivity contribution is 6.16. The van der Waals surface area contributed by atoms with Crippen molar-refractivity contribution in [1.82, 2.24) is 20.0 Å². The van der Waals surface area contributed by atoms with Crippen LogP contribution in [0.5, 0.6) is 11.6 Å². The van der Waals surface area contributed by atoms with Gasteiger partial charge < -0.3 is 4.74 Å². The summed E-state index contributed by atoms with van der Waals surface area (Å²) in [7, 11) is 1.87. The topological polar surface area (TPSA) is 52.8 Å². The number of alkyl halides is 1. The quantitative estimate of drug-likeness (QED) is 0.787. The SMILES string of the molecule is Cc1nn(C)c(C)c1Oc1ccc(CCl)nn1. The molecule has 0 amide bonds. The Kier molecular flexibility index (Phi) is 3.28. The molecule has 0 bridgehead atoms. The fourth-order valence-corrected chi connectivity index (χ4v) is 1.62. The molecule has 0 saturated carbocycles. The molecule has 0 unspecified atom stereocenters. The second-order valence-corrected chi connectivity index (χ2v) is 3.99. The third-order valence-electron chi connectivity index (χ3n) is 2.48. The van der Waals surface area contributed by atoms with Crippen LogP contribution in [0.3, 0.4) is 0 Å². The lowest BCUT2D eigenvalue weighted by Crippen LogP contribution is -1.95. The standard InChI is InChI=1S/C11H13ClN4O/c1-7-11(8(2)16(3)15-7)17-10-5-4-9(6-12)13-14-10/h4-5H,6H2,1-3H3. The van der Waals surface area contributed by atoms with Crippen LogP contribution in [0, 0.1) is 13.8 Å². The third kappa shape index (κ3) is 2.39. The molecular formula is C11H13ClN4O. The fraction of sp³-hybridized carbons (Fsp3) is 0.364. The molecule has 0 aromatic carbocycles. The molecule has 0 aliphatic carbocycles. The van der Waals surface area contributed by atoms with Crippen molar-refractivity contribution in [2.75, 3.05) is 0 Å². The van der Waals surface area contributed by atoms with Gasteiger partial charge in [-0.25, -0.2) is 0 Å². The normalized spacial score (nSPS) is 10.6. The van der Waals surface area contributed by atoms with Crippen molar-refractivity contribution in [1.29, 1.82) is 0 Å².